The molecule has 1 atom stereocenters. The van der Waals surface area contributed by atoms with Gasteiger partial charge in [-0.2, -0.15) is 0 Å². The first-order chi connectivity index (χ1) is 8.34. The zero-order valence-electron chi connectivity index (χ0n) is 9.93. The Hall–Kier alpha value is -1.68. The van der Waals surface area contributed by atoms with E-state index in [9.17, 15) is 0 Å². The van der Waals surface area contributed by atoms with Crippen LogP contribution in [0, 0.1) is 0 Å². The summed E-state index contributed by atoms with van der Waals surface area (Å²) in [5.41, 5.74) is 1.02. The maximum atomic E-state index is 4.45. The topological polar surface area (TPSA) is 41.1 Å². The molecule has 1 aromatic carbocycles. The monoisotopic (exact) mass is 228 g/mol. The third kappa shape index (κ3) is 1.96. The van der Waals surface area contributed by atoms with Gasteiger partial charge in [-0.25, -0.2) is 9.97 Å². The second-order valence-electron chi connectivity index (χ2n) is 4.52. The van der Waals surface area contributed by atoms with E-state index in [4.69, 9.17) is 0 Å². The Labute approximate surface area is 101 Å². The van der Waals surface area contributed by atoms with Gasteiger partial charge in [-0.1, -0.05) is 12.1 Å². The van der Waals surface area contributed by atoms with Crippen molar-refractivity contribution in [3.63, 3.8) is 0 Å². The summed E-state index contributed by atoms with van der Waals surface area (Å²) in [6.45, 7) is 5.22. The minimum Gasteiger partial charge on any atom is -0.353 e. The van der Waals surface area contributed by atoms with Gasteiger partial charge in [-0.05, 0) is 19.1 Å². The van der Waals surface area contributed by atoms with E-state index in [2.05, 4.69) is 33.2 Å². The number of hydrogen-bond acceptors (Lipinski definition) is 4. The van der Waals surface area contributed by atoms with Crippen LogP contribution in [-0.4, -0.2) is 35.6 Å². The van der Waals surface area contributed by atoms with E-state index in [0.29, 0.717) is 6.04 Å². The lowest BCUT2D eigenvalue weighted by molar-refractivity contribution is 0.483. The number of anilines is 1. The van der Waals surface area contributed by atoms with Gasteiger partial charge in [-0.3, -0.25) is 0 Å². The third-order valence-electron chi connectivity index (χ3n) is 3.19. The molecule has 0 saturated carbocycles. The zero-order chi connectivity index (χ0) is 11.7. The number of aromatic nitrogens is 2. The fourth-order valence-electron chi connectivity index (χ4n) is 2.37. The molecule has 1 unspecified atom stereocenters. The smallest absolute Gasteiger partial charge is 0.139 e. The van der Waals surface area contributed by atoms with Gasteiger partial charge in [0.25, 0.3) is 0 Å². The van der Waals surface area contributed by atoms with Crippen LogP contribution in [0.5, 0.6) is 0 Å². The van der Waals surface area contributed by atoms with Crippen molar-refractivity contribution in [2.45, 2.75) is 13.0 Å². The summed E-state index contributed by atoms with van der Waals surface area (Å²) in [7, 11) is 0. The van der Waals surface area contributed by atoms with Gasteiger partial charge in [-0.15, -0.1) is 0 Å². The number of nitrogens with zero attached hydrogens (tertiary/aromatic N) is 3. The van der Waals surface area contributed by atoms with Gasteiger partial charge in [0.2, 0.25) is 0 Å². The molecule has 1 aliphatic rings. The second-order valence-corrected chi connectivity index (χ2v) is 4.52. The van der Waals surface area contributed by atoms with Crippen molar-refractivity contribution in [1.29, 1.82) is 0 Å². The predicted octanol–water partition coefficient (Wildman–Crippen LogP) is 1.43. The number of rotatable bonds is 1. The summed E-state index contributed by atoms with van der Waals surface area (Å²) in [6.07, 6.45) is 1.66. The highest BCUT2D eigenvalue weighted by Gasteiger charge is 2.18. The van der Waals surface area contributed by atoms with Crippen LogP contribution in [0.3, 0.4) is 0 Å². The quantitative estimate of drug-likeness (QED) is 0.801. The van der Waals surface area contributed by atoms with Crippen molar-refractivity contribution in [2.75, 3.05) is 24.5 Å². The van der Waals surface area contributed by atoms with Crippen LogP contribution in [0.4, 0.5) is 5.82 Å². The fraction of sp³-hybridized carbons (Fsp3) is 0.385. The van der Waals surface area contributed by atoms with Crippen LogP contribution in [0.15, 0.2) is 30.6 Å². The van der Waals surface area contributed by atoms with Crippen LogP contribution in [0.1, 0.15) is 6.92 Å². The Morgan fingerprint density at radius 3 is 3.06 bits per heavy atom. The largest absolute Gasteiger partial charge is 0.353 e. The SMILES string of the molecule is CC1CN(c2ncnc3ccccc23)CCN1. The molecule has 17 heavy (non-hydrogen) atoms. The highest BCUT2D eigenvalue weighted by Crippen LogP contribution is 2.23. The van der Waals surface area contributed by atoms with E-state index in [1.807, 2.05) is 18.2 Å². The second kappa shape index (κ2) is 4.30. The van der Waals surface area contributed by atoms with Crippen LogP contribution in [0.2, 0.25) is 0 Å². The summed E-state index contributed by atoms with van der Waals surface area (Å²) in [4.78, 5) is 11.1. The maximum Gasteiger partial charge on any atom is 0.139 e. The minimum absolute atomic E-state index is 0.512. The average Bonchev–Trinajstić information content (AvgIpc) is 2.38. The van der Waals surface area contributed by atoms with Crippen molar-refractivity contribution < 1.29 is 0 Å². The lowest BCUT2D eigenvalue weighted by Gasteiger charge is -2.33. The number of hydrogen-bond donors (Lipinski definition) is 1. The molecule has 0 spiro atoms. The van der Waals surface area contributed by atoms with Crippen molar-refractivity contribution in [1.82, 2.24) is 15.3 Å². The Morgan fingerprint density at radius 2 is 2.18 bits per heavy atom. The molecular formula is C13H16N4. The summed E-state index contributed by atoms with van der Waals surface area (Å²) >= 11 is 0. The van der Waals surface area contributed by atoms with E-state index in [1.165, 1.54) is 0 Å². The van der Waals surface area contributed by atoms with Gasteiger partial charge < -0.3 is 10.2 Å². The number of benzene rings is 1. The number of piperazine rings is 1. The number of para-hydroxylation sites is 1. The molecule has 1 N–H and O–H groups in total. The van der Waals surface area contributed by atoms with E-state index < -0.39 is 0 Å². The van der Waals surface area contributed by atoms with Gasteiger partial charge >= 0.3 is 0 Å². The molecule has 4 nitrogen and oxygen atoms in total. The van der Waals surface area contributed by atoms with Gasteiger partial charge in [0.1, 0.15) is 12.1 Å². The van der Waals surface area contributed by atoms with E-state index >= 15 is 0 Å². The molecule has 0 aliphatic carbocycles. The molecule has 1 saturated heterocycles. The molecule has 4 heteroatoms. The van der Waals surface area contributed by atoms with Crippen LogP contribution < -0.4 is 10.2 Å². The van der Waals surface area contributed by atoms with E-state index in [0.717, 1.165) is 36.4 Å². The molecule has 1 fully saturated rings. The molecule has 0 radical (unpaired) electrons. The van der Waals surface area contributed by atoms with Gasteiger partial charge in [0.15, 0.2) is 0 Å². The molecule has 88 valence electrons. The van der Waals surface area contributed by atoms with Crippen LogP contribution >= 0.6 is 0 Å². The van der Waals surface area contributed by atoms with Gasteiger partial charge in [0, 0.05) is 31.1 Å². The van der Waals surface area contributed by atoms with Crippen molar-refractivity contribution in [3.8, 4) is 0 Å². The van der Waals surface area contributed by atoms with Gasteiger partial charge in [0.05, 0.1) is 5.52 Å². The van der Waals surface area contributed by atoms with E-state index in [1.54, 1.807) is 6.33 Å². The third-order valence-corrected chi connectivity index (χ3v) is 3.19. The van der Waals surface area contributed by atoms with Crippen molar-refractivity contribution >= 4 is 16.7 Å². The number of fused-ring (bicyclic) bond motifs is 1. The zero-order valence-corrected chi connectivity index (χ0v) is 9.93. The number of nitrogens with one attached hydrogen (secondary N) is 1. The molecule has 1 aliphatic heterocycles. The molecule has 3 rings (SSSR count). The lowest BCUT2D eigenvalue weighted by Crippen LogP contribution is -2.49. The molecule has 0 bridgehead atoms. The fourth-order valence-corrected chi connectivity index (χ4v) is 2.37. The standard InChI is InChI=1S/C13H16N4/c1-10-8-17(7-6-14-10)13-11-4-2-3-5-12(11)15-9-16-13/h2-5,9-10,14H,6-8H2,1H3. The normalized spacial score (nSPS) is 20.8. The minimum atomic E-state index is 0.512. The van der Waals surface area contributed by atoms with E-state index in [-0.39, 0.29) is 0 Å². The summed E-state index contributed by atoms with van der Waals surface area (Å²) in [6, 6.07) is 8.70. The molecule has 2 aromatic rings. The Balaban J connectivity index is 2.04. The first-order valence-corrected chi connectivity index (χ1v) is 6.02. The molecular weight excluding hydrogens is 212 g/mol. The Bertz CT molecular complexity index is 520. The highest BCUT2D eigenvalue weighted by molar-refractivity contribution is 5.89. The van der Waals surface area contributed by atoms with Crippen LogP contribution in [-0.2, 0) is 0 Å². The summed E-state index contributed by atoms with van der Waals surface area (Å²) < 4.78 is 0. The summed E-state index contributed by atoms with van der Waals surface area (Å²) in [5, 5.41) is 4.59. The lowest BCUT2D eigenvalue weighted by atomic mass is 10.2. The maximum absolute atomic E-state index is 4.45. The van der Waals surface area contributed by atoms with Crippen molar-refractivity contribution in [3.05, 3.63) is 30.6 Å². The first kappa shape index (κ1) is 10.5. The molecule has 1 aromatic heterocycles. The molecule has 2 heterocycles. The predicted molar refractivity (Wildman–Crippen MR) is 69.2 cm³/mol. The summed E-state index contributed by atoms with van der Waals surface area (Å²) in [5.74, 6) is 1.06. The Morgan fingerprint density at radius 1 is 1.29 bits per heavy atom. The van der Waals surface area contributed by atoms with Crippen molar-refractivity contribution in [2.24, 2.45) is 0 Å². The highest BCUT2D eigenvalue weighted by atomic mass is 15.2. The Kier molecular flexibility index (Phi) is 2.65. The average molecular weight is 228 g/mol. The van der Waals surface area contributed by atoms with Crippen LogP contribution in [0.25, 0.3) is 10.9 Å². The molecule has 0 amide bonds. The first-order valence-electron chi connectivity index (χ1n) is 6.02.